The van der Waals surface area contributed by atoms with E-state index >= 15 is 0 Å². The first-order valence-corrected chi connectivity index (χ1v) is 12.6. The predicted octanol–water partition coefficient (Wildman–Crippen LogP) is 3.38. The summed E-state index contributed by atoms with van der Waals surface area (Å²) in [5.41, 5.74) is 8.85. The largest absolute Gasteiger partial charge is 0.490 e. The number of rotatable bonds is 9. The summed E-state index contributed by atoms with van der Waals surface area (Å²) >= 11 is 0. The maximum absolute atomic E-state index is 12.8. The molecule has 3 aromatic rings. The van der Waals surface area contributed by atoms with Crippen molar-refractivity contribution in [2.45, 2.75) is 63.0 Å². The molecule has 5 rings (SSSR count). The molecule has 1 aromatic heterocycles. The number of carbonyl (C=O) groups is 2. The zero-order valence-electron chi connectivity index (χ0n) is 20.8. The van der Waals surface area contributed by atoms with E-state index in [0.29, 0.717) is 24.3 Å². The Morgan fingerprint density at radius 2 is 1.97 bits per heavy atom. The number of hydrogen-bond acceptors (Lipinski definition) is 5. The van der Waals surface area contributed by atoms with Gasteiger partial charge in [0.1, 0.15) is 18.5 Å². The molecule has 0 bridgehead atoms. The number of hydrogen-bond donors (Lipinski definition) is 5. The van der Waals surface area contributed by atoms with Gasteiger partial charge in [0.15, 0.2) is 0 Å². The van der Waals surface area contributed by atoms with Crippen LogP contribution in [0.15, 0.2) is 42.6 Å². The number of aliphatic hydroxyl groups excluding tert-OH is 1. The maximum atomic E-state index is 12.8. The minimum Gasteiger partial charge on any atom is -0.490 e. The number of fused-ring (bicyclic) bond motifs is 3. The van der Waals surface area contributed by atoms with Crippen molar-refractivity contribution in [1.82, 2.24) is 10.3 Å². The first-order chi connectivity index (χ1) is 17.2. The monoisotopic (exact) mass is 490 g/mol. The zero-order valence-corrected chi connectivity index (χ0v) is 20.8. The van der Waals surface area contributed by atoms with Crippen molar-refractivity contribution in [2.75, 3.05) is 18.5 Å². The smallest absolute Gasteiger partial charge is 0.249 e. The summed E-state index contributed by atoms with van der Waals surface area (Å²) < 4.78 is 6.08. The standard InChI is InChI=1S/C28H34N4O4/c1-27(2,13-17-14-30-20-8-5-7-19(23(17)20)25(29)34)31-15-18(33)16-36-22-10-6-9-21-24(22)28(26(35)32-21)11-3-4-12-28/h5-10,14,18,30-31,33H,3-4,11-13,15-16H2,1-2H3,(H2,29,34)(H,32,35)/t18-/m0/s1. The first-order valence-electron chi connectivity index (χ1n) is 12.6. The molecule has 0 unspecified atom stereocenters. The number of carbonyl (C=O) groups excluding carboxylic acids is 2. The summed E-state index contributed by atoms with van der Waals surface area (Å²) in [5.74, 6) is 0.277. The number of ether oxygens (including phenoxy) is 1. The highest BCUT2D eigenvalue weighted by Crippen LogP contribution is 2.52. The summed E-state index contributed by atoms with van der Waals surface area (Å²) in [6, 6.07) is 11.1. The average Bonchev–Trinajstić information content (AvgIpc) is 3.56. The summed E-state index contributed by atoms with van der Waals surface area (Å²) in [6.07, 6.45) is 5.51. The fourth-order valence-electron chi connectivity index (χ4n) is 5.84. The summed E-state index contributed by atoms with van der Waals surface area (Å²) in [4.78, 5) is 27.9. The van der Waals surface area contributed by atoms with Crippen LogP contribution in [0, 0.1) is 0 Å². The SMILES string of the molecule is CC(C)(Cc1c[nH]c2cccc(C(N)=O)c12)NC[C@H](O)COc1cccc2c1C1(CCCC1)C(=O)N2. The molecule has 1 spiro atoms. The molecule has 1 atom stereocenters. The van der Waals surface area contributed by atoms with E-state index in [1.807, 2.05) is 36.5 Å². The highest BCUT2D eigenvalue weighted by Gasteiger charge is 2.50. The molecule has 0 saturated heterocycles. The van der Waals surface area contributed by atoms with Crippen molar-refractivity contribution in [3.8, 4) is 5.75 Å². The van der Waals surface area contributed by atoms with Gasteiger partial charge in [-0.05, 0) is 62.9 Å². The van der Waals surface area contributed by atoms with E-state index in [-0.39, 0.29) is 18.1 Å². The third-order valence-electron chi connectivity index (χ3n) is 7.58. The fraction of sp³-hybridized carbons (Fsp3) is 0.429. The zero-order chi connectivity index (χ0) is 25.5. The van der Waals surface area contributed by atoms with Crippen LogP contribution in [-0.2, 0) is 16.6 Å². The molecule has 1 fully saturated rings. The normalized spacial score (nSPS) is 17.4. The quantitative estimate of drug-likeness (QED) is 0.314. The van der Waals surface area contributed by atoms with Crippen molar-refractivity contribution >= 4 is 28.4 Å². The van der Waals surface area contributed by atoms with Gasteiger partial charge in [-0.2, -0.15) is 0 Å². The lowest BCUT2D eigenvalue weighted by Gasteiger charge is -2.28. The second-order valence-electron chi connectivity index (χ2n) is 10.7. The van der Waals surface area contributed by atoms with Crippen LogP contribution in [0.2, 0.25) is 0 Å². The van der Waals surface area contributed by atoms with E-state index in [2.05, 4.69) is 29.5 Å². The lowest BCUT2D eigenvalue weighted by atomic mass is 9.79. The minimum absolute atomic E-state index is 0.0618. The van der Waals surface area contributed by atoms with Crippen LogP contribution < -0.4 is 21.1 Å². The van der Waals surface area contributed by atoms with Crippen LogP contribution in [0.5, 0.6) is 5.75 Å². The molecule has 2 amide bonds. The molecule has 1 aliphatic heterocycles. The van der Waals surface area contributed by atoms with Crippen molar-refractivity contribution in [1.29, 1.82) is 0 Å². The summed E-state index contributed by atoms with van der Waals surface area (Å²) in [6.45, 7) is 4.55. The van der Waals surface area contributed by atoms with E-state index in [4.69, 9.17) is 10.5 Å². The molecular formula is C28H34N4O4. The van der Waals surface area contributed by atoms with Crippen molar-refractivity contribution in [3.05, 3.63) is 59.3 Å². The van der Waals surface area contributed by atoms with Crippen molar-refractivity contribution < 1.29 is 19.4 Å². The van der Waals surface area contributed by atoms with Crippen LogP contribution >= 0.6 is 0 Å². The van der Waals surface area contributed by atoms with Gasteiger partial charge >= 0.3 is 0 Å². The van der Waals surface area contributed by atoms with E-state index in [1.54, 1.807) is 6.07 Å². The Hall–Kier alpha value is -3.36. The minimum atomic E-state index is -0.742. The van der Waals surface area contributed by atoms with Gasteiger partial charge in [0.05, 0.1) is 5.41 Å². The van der Waals surface area contributed by atoms with Crippen LogP contribution in [0.3, 0.4) is 0 Å². The van der Waals surface area contributed by atoms with Crippen molar-refractivity contribution in [2.24, 2.45) is 5.73 Å². The predicted molar refractivity (Wildman–Crippen MR) is 139 cm³/mol. The first kappa shape index (κ1) is 24.3. The second-order valence-corrected chi connectivity index (χ2v) is 10.7. The number of nitrogens with two attached hydrogens (primary N) is 1. The number of nitrogens with one attached hydrogen (secondary N) is 3. The summed E-state index contributed by atoms with van der Waals surface area (Å²) in [7, 11) is 0. The Morgan fingerprint density at radius 1 is 1.22 bits per heavy atom. The third kappa shape index (κ3) is 4.35. The number of aliphatic hydroxyl groups is 1. The number of aromatic amines is 1. The number of anilines is 1. The molecule has 0 radical (unpaired) electrons. The summed E-state index contributed by atoms with van der Waals surface area (Å²) in [5, 5.41) is 18.0. The Bertz CT molecular complexity index is 1310. The van der Waals surface area contributed by atoms with Gasteiger partial charge in [-0.1, -0.05) is 25.0 Å². The molecule has 2 aliphatic rings. The number of benzene rings is 2. The van der Waals surface area contributed by atoms with Gasteiger partial charge < -0.3 is 31.2 Å². The van der Waals surface area contributed by atoms with Gasteiger partial charge in [0.25, 0.3) is 0 Å². The lowest BCUT2D eigenvalue weighted by Crippen LogP contribution is -2.46. The van der Waals surface area contributed by atoms with E-state index in [1.165, 1.54) is 0 Å². The van der Waals surface area contributed by atoms with E-state index in [9.17, 15) is 14.7 Å². The Kier molecular flexibility index (Phi) is 6.26. The van der Waals surface area contributed by atoms with Gasteiger partial charge in [0, 0.05) is 46.0 Å². The number of β-amino-alcohol motifs (C(OH)–C–C–N with tert-alkyl or cyclic N) is 1. The number of H-pyrrole nitrogens is 1. The number of amides is 2. The second kappa shape index (κ2) is 9.26. The molecule has 2 heterocycles. The number of aromatic nitrogens is 1. The molecule has 6 N–H and O–H groups in total. The molecule has 190 valence electrons. The highest BCUT2D eigenvalue weighted by molar-refractivity contribution is 6.08. The highest BCUT2D eigenvalue weighted by atomic mass is 16.5. The molecule has 36 heavy (non-hydrogen) atoms. The van der Waals surface area contributed by atoms with Crippen LogP contribution in [0.1, 0.15) is 61.0 Å². The number of primary amides is 1. The van der Waals surface area contributed by atoms with E-state index < -0.39 is 17.4 Å². The molecule has 1 aliphatic carbocycles. The Balaban J connectivity index is 1.22. The Labute approximate surface area is 210 Å². The van der Waals surface area contributed by atoms with Gasteiger partial charge in [-0.15, -0.1) is 0 Å². The molecule has 1 saturated carbocycles. The maximum Gasteiger partial charge on any atom is 0.249 e. The molecule has 2 aromatic carbocycles. The Morgan fingerprint density at radius 3 is 2.72 bits per heavy atom. The van der Waals surface area contributed by atoms with Crippen molar-refractivity contribution in [3.63, 3.8) is 0 Å². The topological polar surface area (TPSA) is 129 Å². The van der Waals surface area contributed by atoms with Gasteiger partial charge in [-0.25, -0.2) is 0 Å². The average molecular weight is 491 g/mol. The van der Waals surface area contributed by atoms with Gasteiger partial charge in [0.2, 0.25) is 11.8 Å². The molecule has 8 heteroatoms. The van der Waals surface area contributed by atoms with E-state index in [0.717, 1.165) is 53.4 Å². The fourth-order valence-corrected chi connectivity index (χ4v) is 5.84. The molecule has 8 nitrogen and oxygen atoms in total. The molecular weight excluding hydrogens is 456 g/mol. The third-order valence-corrected chi connectivity index (χ3v) is 7.58. The van der Waals surface area contributed by atoms with Crippen LogP contribution in [0.25, 0.3) is 10.9 Å². The van der Waals surface area contributed by atoms with Gasteiger partial charge in [-0.3, -0.25) is 9.59 Å². The van der Waals surface area contributed by atoms with Crippen LogP contribution in [0.4, 0.5) is 5.69 Å². The van der Waals surface area contributed by atoms with Crippen LogP contribution in [-0.4, -0.2) is 46.7 Å². The lowest BCUT2D eigenvalue weighted by molar-refractivity contribution is -0.120.